The molecule has 0 aromatic heterocycles. The Kier molecular flexibility index (Phi) is 6.52. The molecule has 1 aromatic carbocycles. The number of phenols is 1. The van der Waals surface area contributed by atoms with Crippen LogP contribution in [0.25, 0.3) is 6.08 Å². The first-order valence-corrected chi connectivity index (χ1v) is 11.6. The van der Waals surface area contributed by atoms with Crippen LogP contribution in [-0.4, -0.2) is 62.2 Å². The molecule has 1 saturated heterocycles. The highest BCUT2D eigenvalue weighted by Crippen LogP contribution is 2.58. The molecule has 2 bridgehead atoms. The number of nitrogens with zero attached hydrogens (tertiary/aromatic N) is 1. The summed E-state index contributed by atoms with van der Waals surface area (Å²) in [6, 6.07) is 1.92. The number of aromatic hydroxyl groups is 1. The smallest absolute Gasteiger partial charge is 0.330 e. The Morgan fingerprint density at radius 2 is 2.12 bits per heavy atom. The third kappa shape index (κ3) is 3.92. The Labute approximate surface area is 195 Å². The summed E-state index contributed by atoms with van der Waals surface area (Å²) < 4.78 is 16.2. The fourth-order valence-electron chi connectivity index (χ4n) is 5.80. The molecule has 0 unspecified atom stereocenters. The van der Waals surface area contributed by atoms with Crippen LogP contribution in [0, 0.1) is 5.92 Å². The molecular weight excluding hydrogens is 422 g/mol. The van der Waals surface area contributed by atoms with Crippen molar-refractivity contribution >= 4 is 17.8 Å². The molecule has 0 saturated carbocycles. The number of esters is 1. The summed E-state index contributed by atoms with van der Waals surface area (Å²) in [5, 5.41) is 11.3. The number of ether oxygens (including phenoxy) is 3. The number of hydrogen-bond acceptors (Lipinski definition) is 7. The number of ketones is 1. The number of allylic oxidation sites excluding steroid dienone is 1. The minimum absolute atomic E-state index is 0.0326. The number of phenolic OH excluding ortho intramolecular Hbond substituents is 1. The monoisotopic (exact) mass is 455 g/mol. The zero-order valence-electron chi connectivity index (χ0n) is 19.8. The van der Waals surface area contributed by atoms with Crippen LogP contribution < -0.4 is 4.74 Å². The van der Waals surface area contributed by atoms with E-state index in [1.54, 1.807) is 12.1 Å². The summed E-state index contributed by atoms with van der Waals surface area (Å²) in [4.78, 5) is 27.5. The first kappa shape index (κ1) is 23.4. The van der Waals surface area contributed by atoms with Crippen molar-refractivity contribution in [1.29, 1.82) is 0 Å². The van der Waals surface area contributed by atoms with Gasteiger partial charge >= 0.3 is 5.97 Å². The summed E-state index contributed by atoms with van der Waals surface area (Å²) in [5.74, 6) is 0.414. The van der Waals surface area contributed by atoms with Crippen molar-refractivity contribution in [1.82, 2.24) is 4.90 Å². The van der Waals surface area contributed by atoms with Crippen LogP contribution in [0.4, 0.5) is 0 Å². The van der Waals surface area contributed by atoms with Crippen molar-refractivity contribution in [3.63, 3.8) is 0 Å². The zero-order valence-corrected chi connectivity index (χ0v) is 19.8. The summed E-state index contributed by atoms with van der Waals surface area (Å²) >= 11 is 0. The van der Waals surface area contributed by atoms with Crippen LogP contribution in [0.3, 0.4) is 0 Å². The number of fused-ring (bicyclic) bond motifs is 1. The molecule has 1 aliphatic heterocycles. The van der Waals surface area contributed by atoms with Gasteiger partial charge in [0.2, 0.25) is 0 Å². The largest absolute Gasteiger partial charge is 0.504 e. The number of piperidine rings is 1. The molecule has 7 nitrogen and oxygen atoms in total. The van der Waals surface area contributed by atoms with Crippen molar-refractivity contribution in [2.45, 2.75) is 50.5 Å². The Hall–Kier alpha value is -2.80. The molecule has 2 aliphatic carbocycles. The minimum atomic E-state index is -0.535. The van der Waals surface area contributed by atoms with Crippen molar-refractivity contribution in [3.8, 4) is 11.5 Å². The molecule has 1 N–H and O–H groups in total. The van der Waals surface area contributed by atoms with E-state index in [0.717, 1.165) is 42.5 Å². The van der Waals surface area contributed by atoms with Crippen molar-refractivity contribution in [2.24, 2.45) is 5.92 Å². The highest BCUT2D eigenvalue weighted by Gasteiger charge is 2.57. The van der Waals surface area contributed by atoms with E-state index in [1.165, 1.54) is 20.3 Å². The maximum absolute atomic E-state index is 13.0. The molecule has 7 heteroatoms. The second-order valence-corrected chi connectivity index (χ2v) is 9.24. The molecule has 3 aliphatic rings. The van der Waals surface area contributed by atoms with Gasteiger partial charge in [0.1, 0.15) is 0 Å². The molecule has 0 radical (unpaired) electrons. The number of Topliss-reactive ketones (excluding diaryl/α,β-unsaturated/α-hetero) is 1. The van der Waals surface area contributed by atoms with E-state index in [4.69, 9.17) is 14.2 Å². The number of carbonyl (C=O) groups is 2. The number of likely N-dealkylation sites (N-methyl/N-ethyl adjacent to an activating group) is 1. The van der Waals surface area contributed by atoms with Gasteiger partial charge < -0.3 is 24.2 Å². The molecular formula is C26H33NO6. The summed E-state index contributed by atoms with van der Waals surface area (Å²) in [7, 11) is 5.14. The number of carbonyl (C=O) groups excluding carboxylic acids is 2. The van der Waals surface area contributed by atoms with Crippen molar-refractivity contribution in [2.75, 3.05) is 34.4 Å². The van der Waals surface area contributed by atoms with Gasteiger partial charge in [-0.2, -0.15) is 0 Å². The van der Waals surface area contributed by atoms with Gasteiger partial charge in [0, 0.05) is 35.4 Å². The number of likely N-dealkylation sites (tertiary alicyclic amines) is 1. The van der Waals surface area contributed by atoms with Gasteiger partial charge in [0.05, 0.1) is 20.8 Å². The van der Waals surface area contributed by atoms with Gasteiger partial charge in [0.25, 0.3) is 0 Å². The van der Waals surface area contributed by atoms with E-state index in [-0.39, 0.29) is 29.9 Å². The quantitative estimate of drug-likeness (QED) is 0.383. The molecule has 0 amide bonds. The predicted octanol–water partition coefficient (Wildman–Crippen LogP) is 3.37. The van der Waals surface area contributed by atoms with E-state index in [9.17, 15) is 14.7 Å². The predicted molar refractivity (Wildman–Crippen MR) is 124 cm³/mol. The van der Waals surface area contributed by atoms with E-state index >= 15 is 0 Å². The third-order valence-corrected chi connectivity index (χ3v) is 7.51. The molecule has 33 heavy (non-hydrogen) atoms. The molecule has 0 spiro atoms. The van der Waals surface area contributed by atoms with E-state index in [1.807, 2.05) is 13.0 Å². The number of hydrogen-bond donors (Lipinski definition) is 1. The van der Waals surface area contributed by atoms with Crippen LogP contribution >= 0.6 is 0 Å². The average molecular weight is 456 g/mol. The molecule has 1 fully saturated rings. The standard InChI is InChI=1S/C26H33NO6/c1-5-6-11-33-23(29)8-7-16-12-22(32-4)25(30)24-17(16)13-19-18-14-21(31-3)20(28)15-26(18,24)9-10-27(19)2/h7-8,12,14,18-19,30H,5-6,9-11,13,15H2,1-4H3/b8-7+/t18-,19+,26-/m1/s1. The van der Waals surface area contributed by atoms with E-state index in [2.05, 4.69) is 11.9 Å². The lowest BCUT2D eigenvalue weighted by Gasteiger charge is -2.56. The van der Waals surface area contributed by atoms with Gasteiger partial charge in [-0.25, -0.2) is 4.79 Å². The van der Waals surface area contributed by atoms with Crippen LogP contribution in [0.1, 0.15) is 49.3 Å². The van der Waals surface area contributed by atoms with Crippen LogP contribution in [0.5, 0.6) is 11.5 Å². The Morgan fingerprint density at radius 1 is 1.33 bits per heavy atom. The minimum Gasteiger partial charge on any atom is -0.504 e. The van der Waals surface area contributed by atoms with Crippen LogP contribution in [0.2, 0.25) is 0 Å². The Morgan fingerprint density at radius 3 is 2.82 bits per heavy atom. The number of benzene rings is 1. The lowest BCUT2D eigenvalue weighted by atomic mass is 9.53. The molecule has 178 valence electrons. The molecule has 1 aromatic rings. The average Bonchev–Trinajstić information content (AvgIpc) is 2.80. The summed E-state index contributed by atoms with van der Waals surface area (Å²) in [6.07, 6.45) is 8.59. The highest BCUT2D eigenvalue weighted by atomic mass is 16.5. The van der Waals surface area contributed by atoms with Crippen LogP contribution in [-0.2, 0) is 30.9 Å². The normalized spacial score (nSPS) is 26.4. The number of unbranched alkanes of at least 4 members (excludes halogenated alkanes) is 1. The first-order chi connectivity index (χ1) is 15.9. The zero-order chi connectivity index (χ0) is 23.8. The Balaban J connectivity index is 1.83. The SMILES string of the molecule is CCCCOC(=O)/C=C/c1cc(OC)c(O)c2c1C[C@H]1[C@H]3C=C(OC)C(=O)C[C@@]23CCN1C. The maximum atomic E-state index is 13.0. The van der Waals surface area contributed by atoms with E-state index in [0.29, 0.717) is 24.5 Å². The summed E-state index contributed by atoms with van der Waals surface area (Å²) in [6.45, 7) is 3.26. The number of methoxy groups -OCH3 is 2. The summed E-state index contributed by atoms with van der Waals surface area (Å²) in [5.41, 5.74) is 2.00. The third-order valence-electron chi connectivity index (χ3n) is 7.51. The van der Waals surface area contributed by atoms with Gasteiger partial charge in [-0.05, 0) is 62.2 Å². The highest BCUT2D eigenvalue weighted by molar-refractivity contribution is 5.96. The van der Waals surface area contributed by atoms with Crippen molar-refractivity contribution < 1.29 is 28.9 Å². The van der Waals surface area contributed by atoms with Crippen molar-refractivity contribution in [3.05, 3.63) is 40.7 Å². The fourth-order valence-corrected chi connectivity index (χ4v) is 5.80. The number of rotatable bonds is 7. The lowest BCUT2D eigenvalue weighted by molar-refractivity contribution is -0.137. The molecule has 4 rings (SSSR count). The topological polar surface area (TPSA) is 85.3 Å². The molecule has 1 heterocycles. The van der Waals surface area contributed by atoms with E-state index < -0.39 is 11.4 Å². The van der Waals surface area contributed by atoms with Crippen LogP contribution in [0.15, 0.2) is 24.0 Å². The van der Waals surface area contributed by atoms with Gasteiger partial charge in [-0.1, -0.05) is 13.3 Å². The second-order valence-electron chi connectivity index (χ2n) is 9.24. The second kappa shape index (κ2) is 9.21. The fraction of sp³-hybridized carbons (Fsp3) is 0.538. The maximum Gasteiger partial charge on any atom is 0.330 e. The van der Waals surface area contributed by atoms with Gasteiger partial charge in [-0.3, -0.25) is 4.79 Å². The first-order valence-electron chi connectivity index (χ1n) is 11.6. The lowest BCUT2D eigenvalue weighted by Crippen LogP contribution is -2.60. The van der Waals surface area contributed by atoms with Gasteiger partial charge in [-0.15, -0.1) is 0 Å². The van der Waals surface area contributed by atoms with Gasteiger partial charge in [0.15, 0.2) is 23.0 Å². The molecule has 3 atom stereocenters. The Bertz CT molecular complexity index is 1010.